The van der Waals surface area contributed by atoms with Crippen molar-refractivity contribution >= 4 is 21.7 Å². The van der Waals surface area contributed by atoms with Gasteiger partial charge in [-0.25, -0.2) is 9.37 Å². The van der Waals surface area contributed by atoms with E-state index in [1.165, 1.54) is 12.1 Å². The number of nitrogens with zero attached hydrogens (tertiary/aromatic N) is 1. The molecule has 0 aliphatic carbocycles. The second-order valence-electron chi connectivity index (χ2n) is 3.46. The van der Waals surface area contributed by atoms with Crippen molar-refractivity contribution in [3.8, 4) is 0 Å². The highest BCUT2D eigenvalue weighted by Crippen LogP contribution is 2.22. The van der Waals surface area contributed by atoms with Crippen molar-refractivity contribution in [3.63, 3.8) is 0 Å². The zero-order valence-corrected chi connectivity index (χ0v) is 10.0. The SMILES string of the molecule is Nc1ncccc1Cc1ccc(F)cc1Br. The monoisotopic (exact) mass is 280 g/mol. The molecular formula is C12H10BrFN2. The van der Waals surface area contributed by atoms with Crippen LogP contribution in [0.4, 0.5) is 10.2 Å². The molecule has 0 saturated heterocycles. The Kier molecular flexibility index (Phi) is 3.19. The number of anilines is 1. The van der Waals surface area contributed by atoms with Crippen molar-refractivity contribution in [2.45, 2.75) is 6.42 Å². The fourth-order valence-corrected chi connectivity index (χ4v) is 1.96. The van der Waals surface area contributed by atoms with E-state index >= 15 is 0 Å². The summed E-state index contributed by atoms with van der Waals surface area (Å²) in [5, 5.41) is 0. The largest absolute Gasteiger partial charge is 0.383 e. The minimum atomic E-state index is -0.255. The van der Waals surface area contributed by atoms with Gasteiger partial charge in [0.15, 0.2) is 0 Å². The molecule has 2 aromatic rings. The number of rotatable bonds is 2. The second-order valence-corrected chi connectivity index (χ2v) is 4.31. The maximum atomic E-state index is 12.9. The summed E-state index contributed by atoms with van der Waals surface area (Å²) < 4.78 is 13.6. The van der Waals surface area contributed by atoms with Gasteiger partial charge in [0, 0.05) is 17.1 Å². The van der Waals surface area contributed by atoms with Crippen molar-refractivity contribution in [1.82, 2.24) is 4.98 Å². The fraction of sp³-hybridized carbons (Fsp3) is 0.0833. The molecule has 2 N–H and O–H groups in total. The van der Waals surface area contributed by atoms with Crippen molar-refractivity contribution in [3.05, 3.63) is 57.9 Å². The average molecular weight is 281 g/mol. The number of benzene rings is 1. The number of halogens is 2. The van der Waals surface area contributed by atoms with E-state index in [9.17, 15) is 4.39 Å². The summed E-state index contributed by atoms with van der Waals surface area (Å²) in [6.45, 7) is 0. The van der Waals surface area contributed by atoms with Gasteiger partial charge >= 0.3 is 0 Å². The average Bonchev–Trinajstić information content (AvgIpc) is 2.25. The van der Waals surface area contributed by atoms with Gasteiger partial charge in [0.05, 0.1) is 0 Å². The van der Waals surface area contributed by atoms with Crippen molar-refractivity contribution < 1.29 is 4.39 Å². The Morgan fingerprint density at radius 3 is 2.75 bits per heavy atom. The van der Waals surface area contributed by atoms with Gasteiger partial charge in [-0.3, -0.25) is 0 Å². The minimum absolute atomic E-state index is 0.255. The van der Waals surface area contributed by atoms with Gasteiger partial charge in [0.2, 0.25) is 0 Å². The fourth-order valence-electron chi connectivity index (χ4n) is 1.47. The Balaban J connectivity index is 2.31. The van der Waals surface area contributed by atoms with Gasteiger partial charge in [-0.05, 0) is 29.3 Å². The number of nitrogen functional groups attached to an aromatic ring is 1. The van der Waals surface area contributed by atoms with Crippen LogP contribution < -0.4 is 5.73 Å². The molecule has 0 atom stereocenters. The number of nitrogens with two attached hydrogens (primary N) is 1. The lowest BCUT2D eigenvalue weighted by Gasteiger charge is -2.06. The van der Waals surface area contributed by atoms with E-state index in [4.69, 9.17) is 5.73 Å². The van der Waals surface area contributed by atoms with Gasteiger partial charge in [0.25, 0.3) is 0 Å². The van der Waals surface area contributed by atoms with Crippen LogP contribution in [0.15, 0.2) is 41.0 Å². The maximum absolute atomic E-state index is 12.9. The van der Waals surface area contributed by atoms with Crippen LogP contribution in [0, 0.1) is 5.82 Å². The third kappa shape index (κ3) is 2.39. The molecule has 0 unspecified atom stereocenters. The molecule has 0 saturated carbocycles. The number of pyridine rings is 1. The highest BCUT2D eigenvalue weighted by atomic mass is 79.9. The molecule has 0 aliphatic heterocycles. The highest BCUT2D eigenvalue weighted by molar-refractivity contribution is 9.10. The number of hydrogen-bond acceptors (Lipinski definition) is 2. The van der Waals surface area contributed by atoms with Crippen LogP contribution in [-0.4, -0.2) is 4.98 Å². The molecule has 0 aliphatic rings. The summed E-state index contributed by atoms with van der Waals surface area (Å²) >= 11 is 3.33. The minimum Gasteiger partial charge on any atom is -0.383 e. The van der Waals surface area contributed by atoms with Crippen LogP contribution >= 0.6 is 15.9 Å². The zero-order chi connectivity index (χ0) is 11.5. The molecule has 1 aromatic heterocycles. The Bertz CT molecular complexity index is 514. The molecule has 1 heterocycles. The second kappa shape index (κ2) is 4.61. The molecule has 0 fully saturated rings. The number of hydrogen-bond donors (Lipinski definition) is 1. The first-order valence-corrected chi connectivity index (χ1v) is 5.59. The summed E-state index contributed by atoms with van der Waals surface area (Å²) in [7, 11) is 0. The van der Waals surface area contributed by atoms with E-state index < -0.39 is 0 Å². The smallest absolute Gasteiger partial charge is 0.126 e. The van der Waals surface area contributed by atoms with Crippen LogP contribution in [0.5, 0.6) is 0 Å². The first kappa shape index (κ1) is 11.1. The Morgan fingerprint density at radius 1 is 1.25 bits per heavy atom. The Labute approximate surface area is 101 Å². The first-order valence-electron chi connectivity index (χ1n) is 4.80. The predicted molar refractivity (Wildman–Crippen MR) is 65.6 cm³/mol. The van der Waals surface area contributed by atoms with E-state index in [0.29, 0.717) is 12.2 Å². The standard InChI is InChI=1S/C12H10BrFN2/c13-11-7-10(14)4-3-8(11)6-9-2-1-5-16-12(9)15/h1-5,7H,6H2,(H2,15,16). The van der Waals surface area contributed by atoms with E-state index in [2.05, 4.69) is 20.9 Å². The molecule has 0 radical (unpaired) electrons. The molecule has 0 amide bonds. The topological polar surface area (TPSA) is 38.9 Å². The predicted octanol–water partition coefficient (Wildman–Crippen LogP) is 3.16. The summed E-state index contributed by atoms with van der Waals surface area (Å²) in [5.41, 5.74) is 7.67. The van der Waals surface area contributed by atoms with E-state index in [1.807, 2.05) is 12.1 Å². The third-order valence-electron chi connectivity index (χ3n) is 2.32. The Morgan fingerprint density at radius 2 is 2.06 bits per heavy atom. The summed E-state index contributed by atoms with van der Waals surface area (Å²) in [5.74, 6) is 0.258. The van der Waals surface area contributed by atoms with Crippen LogP contribution in [0.1, 0.15) is 11.1 Å². The highest BCUT2D eigenvalue weighted by Gasteiger charge is 2.05. The third-order valence-corrected chi connectivity index (χ3v) is 3.06. The summed E-state index contributed by atoms with van der Waals surface area (Å²) in [6.07, 6.45) is 2.29. The van der Waals surface area contributed by atoms with Crippen molar-refractivity contribution in [1.29, 1.82) is 0 Å². The van der Waals surface area contributed by atoms with Gasteiger partial charge in [-0.1, -0.05) is 28.1 Å². The van der Waals surface area contributed by atoms with Gasteiger partial charge < -0.3 is 5.73 Å². The quantitative estimate of drug-likeness (QED) is 0.918. The molecule has 2 nitrogen and oxygen atoms in total. The van der Waals surface area contributed by atoms with Gasteiger partial charge in [-0.15, -0.1) is 0 Å². The molecule has 2 rings (SSSR count). The molecule has 16 heavy (non-hydrogen) atoms. The van der Waals surface area contributed by atoms with E-state index in [-0.39, 0.29) is 5.82 Å². The van der Waals surface area contributed by atoms with Crippen LogP contribution in [0.2, 0.25) is 0 Å². The lowest BCUT2D eigenvalue weighted by atomic mass is 10.1. The lowest BCUT2D eigenvalue weighted by molar-refractivity contribution is 0.626. The van der Waals surface area contributed by atoms with Gasteiger partial charge in [-0.2, -0.15) is 0 Å². The van der Waals surface area contributed by atoms with Crippen LogP contribution in [-0.2, 0) is 6.42 Å². The zero-order valence-electron chi connectivity index (χ0n) is 8.45. The first-order chi connectivity index (χ1) is 7.66. The molecule has 1 aromatic carbocycles. The normalized spacial score (nSPS) is 10.4. The summed E-state index contributed by atoms with van der Waals surface area (Å²) in [4.78, 5) is 4.01. The molecule has 0 bridgehead atoms. The van der Waals surface area contributed by atoms with Crippen LogP contribution in [0.25, 0.3) is 0 Å². The van der Waals surface area contributed by atoms with Crippen LogP contribution in [0.3, 0.4) is 0 Å². The summed E-state index contributed by atoms with van der Waals surface area (Å²) in [6, 6.07) is 8.38. The Hall–Kier alpha value is -1.42. The molecular weight excluding hydrogens is 271 g/mol. The number of aromatic nitrogens is 1. The molecule has 82 valence electrons. The van der Waals surface area contributed by atoms with E-state index in [0.717, 1.165) is 15.6 Å². The van der Waals surface area contributed by atoms with Crippen molar-refractivity contribution in [2.24, 2.45) is 0 Å². The van der Waals surface area contributed by atoms with Crippen molar-refractivity contribution in [2.75, 3.05) is 5.73 Å². The van der Waals surface area contributed by atoms with E-state index in [1.54, 1.807) is 12.3 Å². The molecule has 0 spiro atoms. The lowest BCUT2D eigenvalue weighted by Crippen LogP contribution is -1.98. The van der Waals surface area contributed by atoms with Gasteiger partial charge in [0.1, 0.15) is 11.6 Å². The maximum Gasteiger partial charge on any atom is 0.126 e. The molecule has 4 heteroatoms.